The molecule has 6 nitrogen and oxygen atoms in total. The first-order valence-corrected chi connectivity index (χ1v) is 11.4. The summed E-state index contributed by atoms with van der Waals surface area (Å²) in [6.07, 6.45) is 7.70. The Kier molecular flexibility index (Phi) is 21.1. The number of rotatable bonds is 6. The van der Waals surface area contributed by atoms with Crippen molar-refractivity contribution in [3.63, 3.8) is 0 Å². The van der Waals surface area contributed by atoms with Crippen molar-refractivity contribution in [1.29, 1.82) is 0 Å². The van der Waals surface area contributed by atoms with Crippen molar-refractivity contribution < 1.29 is 4.79 Å². The molecule has 1 heterocycles. The van der Waals surface area contributed by atoms with Crippen molar-refractivity contribution in [3.8, 4) is 0 Å². The molecular formula is C22H47N5O. The molecule has 1 aliphatic heterocycles. The van der Waals surface area contributed by atoms with Crippen molar-refractivity contribution in [2.75, 3.05) is 39.8 Å². The number of hydrogen-bond acceptors (Lipinski definition) is 6. The lowest BCUT2D eigenvalue weighted by Gasteiger charge is -2.32. The molecule has 166 valence electrons. The van der Waals surface area contributed by atoms with E-state index in [1.165, 1.54) is 0 Å². The fourth-order valence-corrected chi connectivity index (χ4v) is 3.08. The number of piperazine rings is 1. The van der Waals surface area contributed by atoms with Gasteiger partial charge in [0.15, 0.2) is 0 Å². The predicted molar refractivity (Wildman–Crippen MR) is 125 cm³/mol. The monoisotopic (exact) mass is 397 g/mol. The van der Waals surface area contributed by atoms with Crippen LogP contribution in [-0.2, 0) is 4.79 Å². The number of aliphatic imine (C=N–C) groups is 1. The standard InChI is InChI=1S/C16H29N5O.3C2H6/c1-20-8-10-21(11-9-20)7-6-16(19-17)12-18-15-4-2-14(13-22)3-5-15;3*1-2/h12-15H,2-11,17H2,1H3;3*1-2H3/b18-12?,19-16-;;;. The van der Waals surface area contributed by atoms with Crippen LogP contribution in [0.1, 0.15) is 73.6 Å². The van der Waals surface area contributed by atoms with Crippen LogP contribution in [0.4, 0.5) is 0 Å². The number of nitrogens with two attached hydrogens (primary N) is 1. The van der Waals surface area contributed by atoms with Crippen LogP contribution in [0.5, 0.6) is 0 Å². The highest BCUT2D eigenvalue weighted by molar-refractivity contribution is 6.30. The van der Waals surface area contributed by atoms with Gasteiger partial charge >= 0.3 is 0 Å². The molecule has 0 bridgehead atoms. The molecule has 1 saturated heterocycles. The Labute approximate surface area is 174 Å². The number of carbonyl (C=O) groups excluding carboxylic acids is 1. The first-order valence-electron chi connectivity index (χ1n) is 11.4. The second kappa shape index (κ2) is 20.5. The summed E-state index contributed by atoms with van der Waals surface area (Å²) in [5, 5.41) is 3.88. The van der Waals surface area contributed by atoms with Gasteiger partial charge in [0.2, 0.25) is 0 Å². The van der Waals surface area contributed by atoms with E-state index in [1.54, 1.807) is 0 Å². The molecule has 2 aliphatic rings. The highest BCUT2D eigenvalue weighted by atomic mass is 16.1. The lowest BCUT2D eigenvalue weighted by molar-refractivity contribution is -0.111. The van der Waals surface area contributed by atoms with Gasteiger partial charge in [-0.1, -0.05) is 41.5 Å². The minimum absolute atomic E-state index is 0.242. The van der Waals surface area contributed by atoms with Crippen molar-refractivity contribution in [1.82, 2.24) is 9.80 Å². The summed E-state index contributed by atoms with van der Waals surface area (Å²) in [5.41, 5.74) is 0.872. The van der Waals surface area contributed by atoms with Gasteiger partial charge < -0.3 is 20.4 Å². The van der Waals surface area contributed by atoms with Crippen LogP contribution < -0.4 is 5.84 Å². The van der Waals surface area contributed by atoms with E-state index in [0.717, 1.165) is 76.8 Å². The van der Waals surface area contributed by atoms with Gasteiger partial charge in [0, 0.05) is 51.3 Å². The maximum atomic E-state index is 10.8. The maximum Gasteiger partial charge on any atom is 0.123 e. The lowest BCUT2D eigenvalue weighted by Crippen LogP contribution is -2.45. The Morgan fingerprint density at radius 1 is 0.964 bits per heavy atom. The topological polar surface area (TPSA) is 74.3 Å². The lowest BCUT2D eigenvalue weighted by atomic mass is 9.87. The number of carbonyl (C=O) groups is 1. The number of hydrazone groups is 1. The molecule has 2 rings (SSSR count). The van der Waals surface area contributed by atoms with Crippen LogP contribution in [0.25, 0.3) is 0 Å². The SMILES string of the molecule is CC.CC.CC.CN1CCN(CC/C(C=NC2CCC(C=O)CC2)=N/N)CC1. The van der Waals surface area contributed by atoms with Crippen LogP contribution >= 0.6 is 0 Å². The largest absolute Gasteiger partial charge is 0.323 e. The van der Waals surface area contributed by atoms with E-state index in [2.05, 4.69) is 26.9 Å². The second-order valence-corrected chi connectivity index (χ2v) is 6.50. The van der Waals surface area contributed by atoms with E-state index in [0.29, 0.717) is 6.04 Å². The van der Waals surface area contributed by atoms with Gasteiger partial charge in [-0.25, -0.2) is 0 Å². The number of aldehydes is 1. The summed E-state index contributed by atoms with van der Waals surface area (Å²) < 4.78 is 0. The minimum Gasteiger partial charge on any atom is -0.323 e. The molecule has 0 amide bonds. The van der Waals surface area contributed by atoms with Crippen LogP contribution in [-0.4, -0.2) is 73.8 Å². The van der Waals surface area contributed by atoms with E-state index in [1.807, 2.05) is 47.8 Å². The molecule has 1 aliphatic carbocycles. The molecular weight excluding hydrogens is 350 g/mol. The zero-order valence-electron chi connectivity index (χ0n) is 19.7. The Morgan fingerprint density at radius 3 is 1.96 bits per heavy atom. The van der Waals surface area contributed by atoms with Gasteiger partial charge in [-0.05, 0) is 32.7 Å². The molecule has 0 spiro atoms. The first-order chi connectivity index (χ1) is 13.7. The molecule has 2 fully saturated rings. The van der Waals surface area contributed by atoms with E-state index in [9.17, 15) is 4.79 Å². The van der Waals surface area contributed by atoms with Crippen molar-refractivity contribution in [2.24, 2.45) is 21.9 Å². The van der Waals surface area contributed by atoms with Gasteiger partial charge in [0.05, 0.1) is 11.8 Å². The fraction of sp³-hybridized carbons (Fsp3) is 0.864. The Balaban J connectivity index is 0. The Morgan fingerprint density at radius 2 is 1.50 bits per heavy atom. The molecule has 2 N–H and O–H groups in total. The number of likely N-dealkylation sites (N-methyl/N-ethyl adjacent to an activating group) is 1. The van der Waals surface area contributed by atoms with E-state index in [-0.39, 0.29) is 5.92 Å². The van der Waals surface area contributed by atoms with Crippen LogP contribution in [0, 0.1) is 5.92 Å². The Hall–Kier alpha value is -1.27. The summed E-state index contributed by atoms with van der Waals surface area (Å²) in [7, 11) is 2.16. The van der Waals surface area contributed by atoms with Crippen LogP contribution in [0.3, 0.4) is 0 Å². The Bertz CT molecular complexity index is 396. The summed E-state index contributed by atoms with van der Waals surface area (Å²) in [6, 6.07) is 0.330. The third-order valence-electron chi connectivity index (χ3n) is 4.81. The van der Waals surface area contributed by atoms with Gasteiger partial charge in [0.1, 0.15) is 6.29 Å². The van der Waals surface area contributed by atoms with Crippen molar-refractivity contribution in [3.05, 3.63) is 0 Å². The fourth-order valence-electron chi connectivity index (χ4n) is 3.08. The molecule has 0 radical (unpaired) electrons. The summed E-state index contributed by atoms with van der Waals surface area (Å²) in [4.78, 5) is 20.2. The minimum atomic E-state index is 0.242. The second-order valence-electron chi connectivity index (χ2n) is 6.50. The van der Waals surface area contributed by atoms with Gasteiger partial charge in [-0.15, -0.1) is 0 Å². The average molecular weight is 398 g/mol. The van der Waals surface area contributed by atoms with Crippen molar-refractivity contribution in [2.45, 2.75) is 79.7 Å². The van der Waals surface area contributed by atoms with Gasteiger partial charge in [0.25, 0.3) is 0 Å². The molecule has 1 saturated carbocycles. The third-order valence-corrected chi connectivity index (χ3v) is 4.81. The zero-order chi connectivity index (χ0) is 21.8. The highest BCUT2D eigenvalue weighted by Crippen LogP contribution is 2.24. The molecule has 0 aromatic heterocycles. The van der Waals surface area contributed by atoms with E-state index >= 15 is 0 Å². The summed E-state index contributed by atoms with van der Waals surface area (Å²) in [5.74, 6) is 5.74. The smallest absolute Gasteiger partial charge is 0.123 e. The molecule has 0 unspecified atom stereocenters. The average Bonchev–Trinajstić information content (AvgIpc) is 2.79. The maximum absolute atomic E-state index is 10.8. The predicted octanol–water partition coefficient (Wildman–Crippen LogP) is 3.85. The molecule has 0 aromatic rings. The number of nitrogens with zero attached hydrogens (tertiary/aromatic N) is 4. The molecule has 0 aromatic carbocycles. The van der Waals surface area contributed by atoms with Gasteiger partial charge in [-0.2, -0.15) is 5.10 Å². The normalized spacial score (nSPS) is 23.5. The quantitative estimate of drug-likeness (QED) is 0.320. The van der Waals surface area contributed by atoms with Crippen molar-refractivity contribution >= 4 is 18.2 Å². The first kappa shape index (κ1) is 28.9. The number of hydrogen-bond donors (Lipinski definition) is 1. The summed E-state index contributed by atoms with van der Waals surface area (Å²) in [6.45, 7) is 17.5. The third kappa shape index (κ3) is 13.0. The van der Waals surface area contributed by atoms with E-state index in [4.69, 9.17) is 5.84 Å². The van der Waals surface area contributed by atoms with E-state index < -0.39 is 0 Å². The van der Waals surface area contributed by atoms with Crippen LogP contribution in [0.15, 0.2) is 10.1 Å². The zero-order valence-corrected chi connectivity index (χ0v) is 19.7. The summed E-state index contributed by atoms with van der Waals surface area (Å²) >= 11 is 0. The van der Waals surface area contributed by atoms with Gasteiger partial charge in [-0.3, -0.25) is 4.99 Å². The van der Waals surface area contributed by atoms with Crippen LogP contribution in [0.2, 0.25) is 0 Å². The highest BCUT2D eigenvalue weighted by Gasteiger charge is 2.19. The molecule has 6 heteroatoms. The molecule has 28 heavy (non-hydrogen) atoms. The molecule has 0 atom stereocenters.